The van der Waals surface area contributed by atoms with Crippen LogP contribution in [0.25, 0.3) is 0 Å². The maximum atomic E-state index is 11.4. The normalized spacial score (nSPS) is 12.3. The first-order chi connectivity index (χ1) is 6.97. The van der Waals surface area contributed by atoms with E-state index in [1.807, 2.05) is 20.8 Å². The van der Waals surface area contributed by atoms with E-state index in [1.165, 1.54) is 0 Å². The smallest absolute Gasteiger partial charge is 0.237 e. The van der Waals surface area contributed by atoms with Gasteiger partial charge in [0.2, 0.25) is 11.8 Å². The molecule has 0 saturated heterocycles. The molecule has 0 bridgehead atoms. The van der Waals surface area contributed by atoms with E-state index in [4.69, 9.17) is 0 Å². The summed E-state index contributed by atoms with van der Waals surface area (Å²) in [5.74, 6) is -0.184. The highest BCUT2D eigenvalue weighted by Crippen LogP contribution is 1.84. The van der Waals surface area contributed by atoms with Gasteiger partial charge in [-0.05, 0) is 27.7 Å². The van der Waals surface area contributed by atoms with E-state index in [2.05, 4.69) is 16.0 Å². The number of hydrogen-bond acceptors (Lipinski definition) is 3. The second-order valence-electron chi connectivity index (χ2n) is 3.72. The van der Waals surface area contributed by atoms with Gasteiger partial charge in [-0.25, -0.2) is 0 Å². The van der Waals surface area contributed by atoms with Gasteiger partial charge in [-0.15, -0.1) is 0 Å². The highest BCUT2D eigenvalue weighted by molar-refractivity contribution is 5.83. The van der Waals surface area contributed by atoms with Gasteiger partial charge in [0.15, 0.2) is 0 Å². The third-order valence-corrected chi connectivity index (χ3v) is 1.77. The van der Waals surface area contributed by atoms with E-state index < -0.39 is 0 Å². The zero-order chi connectivity index (χ0) is 11.8. The van der Waals surface area contributed by atoms with Crippen LogP contribution in [0, 0.1) is 0 Å². The molecule has 5 heteroatoms. The van der Waals surface area contributed by atoms with Gasteiger partial charge in [-0.3, -0.25) is 14.9 Å². The Morgan fingerprint density at radius 2 is 1.80 bits per heavy atom. The number of amides is 2. The van der Waals surface area contributed by atoms with E-state index in [0.29, 0.717) is 6.54 Å². The van der Waals surface area contributed by atoms with Gasteiger partial charge in [0.25, 0.3) is 0 Å². The molecule has 3 N–H and O–H groups in total. The summed E-state index contributed by atoms with van der Waals surface area (Å²) in [5, 5.41) is 8.26. The lowest BCUT2D eigenvalue weighted by Crippen LogP contribution is -2.47. The molecule has 0 rings (SSSR count). The maximum absolute atomic E-state index is 11.4. The molecule has 1 unspecified atom stereocenters. The van der Waals surface area contributed by atoms with Crippen LogP contribution in [-0.2, 0) is 9.59 Å². The summed E-state index contributed by atoms with van der Waals surface area (Å²) in [7, 11) is 0. The molecule has 0 aromatic heterocycles. The Hall–Kier alpha value is -1.10. The lowest BCUT2D eigenvalue weighted by Gasteiger charge is -2.15. The second-order valence-corrected chi connectivity index (χ2v) is 3.72. The van der Waals surface area contributed by atoms with Gasteiger partial charge in [0, 0.05) is 12.6 Å². The average Bonchev–Trinajstić information content (AvgIpc) is 2.13. The molecule has 88 valence electrons. The van der Waals surface area contributed by atoms with Gasteiger partial charge in [-0.1, -0.05) is 0 Å². The highest BCUT2D eigenvalue weighted by atomic mass is 16.2. The second kappa shape index (κ2) is 7.23. The van der Waals surface area contributed by atoms with Crippen molar-refractivity contribution in [2.45, 2.75) is 39.8 Å². The summed E-state index contributed by atoms with van der Waals surface area (Å²) >= 11 is 0. The van der Waals surface area contributed by atoms with E-state index in [9.17, 15) is 9.59 Å². The molecule has 2 amide bonds. The maximum Gasteiger partial charge on any atom is 0.237 e. The Morgan fingerprint density at radius 3 is 2.27 bits per heavy atom. The summed E-state index contributed by atoms with van der Waals surface area (Å²) in [4.78, 5) is 22.5. The van der Waals surface area contributed by atoms with Crippen molar-refractivity contribution in [2.75, 3.05) is 13.1 Å². The standard InChI is InChI=1S/C10H21N3O2/c1-5-11-9(14)6-12-8(4)10(15)13-7(2)3/h7-8,12H,5-6H2,1-4H3,(H,11,14)(H,13,15). The lowest BCUT2D eigenvalue weighted by molar-refractivity contribution is -0.123. The predicted molar refractivity (Wildman–Crippen MR) is 59.4 cm³/mol. The quantitative estimate of drug-likeness (QED) is 0.566. The minimum absolute atomic E-state index is 0.0886. The fourth-order valence-electron chi connectivity index (χ4n) is 1.01. The molecule has 5 nitrogen and oxygen atoms in total. The van der Waals surface area contributed by atoms with Crippen molar-refractivity contribution in [3.05, 3.63) is 0 Å². The Bertz CT molecular complexity index is 217. The summed E-state index contributed by atoms with van der Waals surface area (Å²) in [6.07, 6.45) is 0. The van der Waals surface area contributed by atoms with E-state index in [0.717, 1.165) is 0 Å². The van der Waals surface area contributed by atoms with Crippen molar-refractivity contribution in [3.8, 4) is 0 Å². The molecule has 0 heterocycles. The van der Waals surface area contributed by atoms with Crippen molar-refractivity contribution in [3.63, 3.8) is 0 Å². The SMILES string of the molecule is CCNC(=O)CNC(C)C(=O)NC(C)C. The number of carbonyl (C=O) groups excluding carboxylic acids is 2. The third-order valence-electron chi connectivity index (χ3n) is 1.77. The molecule has 0 aliphatic carbocycles. The number of hydrogen-bond donors (Lipinski definition) is 3. The average molecular weight is 215 g/mol. The fraction of sp³-hybridized carbons (Fsp3) is 0.800. The largest absolute Gasteiger partial charge is 0.355 e. The van der Waals surface area contributed by atoms with Crippen molar-refractivity contribution in [1.82, 2.24) is 16.0 Å². The van der Waals surface area contributed by atoms with Crippen molar-refractivity contribution in [1.29, 1.82) is 0 Å². The number of nitrogens with one attached hydrogen (secondary N) is 3. The van der Waals surface area contributed by atoms with Crippen LogP contribution in [0.15, 0.2) is 0 Å². The molecule has 0 aliphatic heterocycles. The van der Waals surface area contributed by atoms with Gasteiger partial charge in [0.05, 0.1) is 12.6 Å². The minimum Gasteiger partial charge on any atom is -0.355 e. The lowest BCUT2D eigenvalue weighted by atomic mass is 10.3. The Labute approximate surface area is 91.0 Å². The topological polar surface area (TPSA) is 70.2 Å². The van der Waals surface area contributed by atoms with Crippen LogP contribution in [0.5, 0.6) is 0 Å². The van der Waals surface area contributed by atoms with Gasteiger partial charge in [-0.2, -0.15) is 0 Å². The van der Waals surface area contributed by atoms with Crippen molar-refractivity contribution in [2.24, 2.45) is 0 Å². The monoisotopic (exact) mass is 215 g/mol. The number of carbonyl (C=O) groups is 2. The van der Waals surface area contributed by atoms with E-state index in [1.54, 1.807) is 6.92 Å². The van der Waals surface area contributed by atoms with Gasteiger partial charge >= 0.3 is 0 Å². The van der Waals surface area contributed by atoms with Gasteiger partial charge in [0.1, 0.15) is 0 Å². The molecular weight excluding hydrogens is 194 g/mol. The predicted octanol–water partition coefficient (Wildman–Crippen LogP) is -0.375. The van der Waals surface area contributed by atoms with Crippen LogP contribution < -0.4 is 16.0 Å². The van der Waals surface area contributed by atoms with Gasteiger partial charge < -0.3 is 10.6 Å². The molecule has 1 atom stereocenters. The number of rotatable bonds is 6. The summed E-state index contributed by atoms with van der Waals surface area (Å²) in [6.45, 7) is 8.15. The third kappa shape index (κ3) is 6.90. The van der Waals surface area contributed by atoms with Crippen LogP contribution in [0.1, 0.15) is 27.7 Å². The molecule has 0 aliphatic rings. The van der Waals surface area contributed by atoms with E-state index in [-0.39, 0.29) is 30.4 Å². The first kappa shape index (κ1) is 13.9. The molecule has 0 saturated carbocycles. The van der Waals surface area contributed by atoms with Crippen LogP contribution in [-0.4, -0.2) is 37.0 Å². The van der Waals surface area contributed by atoms with Crippen LogP contribution in [0.3, 0.4) is 0 Å². The first-order valence-electron chi connectivity index (χ1n) is 5.27. The Kier molecular flexibility index (Phi) is 6.70. The molecule has 0 spiro atoms. The van der Waals surface area contributed by atoms with Crippen LogP contribution in [0.2, 0.25) is 0 Å². The zero-order valence-electron chi connectivity index (χ0n) is 9.89. The molecule has 0 fully saturated rings. The molecule has 0 aromatic carbocycles. The molecule has 15 heavy (non-hydrogen) atoms. The Balaban J connectivity index is 3.77. The minimum atomic E-state index is -0.352. The van der Waals surface area contributed by atoms with Crippen molar-refractivity contribution < 1.29 is 9.59 Å². The first-order valence-corrected chi connectivity index (χ1v) is 5.27. The molecular formula is C10H21N3O2. The fourth-order valence-corrected chi connectivity index (χ4v) is 1.01. The van der Waals surface area contributed by atoms with Crippen LogP contribution >= 0.6 is 0 Å². The highest BCUT2D eigenvalue weighted by Gasteiger charge is 2.13. The molecule has 0 radical (unpaired) electrons. The van der Waals surface area contributed by atoms with E-state index >= 15 is 0 Å². The summed E-state index contributed by atoms with van der Waals surface area (Å²) < 4.78 is 0. The summed E-state index contributed by atoms with van der Waals surface area (Å²) in [5.41, 5.74) is 0. The summed E-state index contributed by atoms with van der Waals surface area (Å²) in [6, 6.07) is -0.235. The van der Waals surface area contributed by atoms with Crippen molar-refractivity contribution >= 4 is 11.8 Å². The number of likely N-dealkylation sites (N-methyl/N-ethyl adjacent to an activating group) is 1. The molecule has 0 aromatic rings. The zero-order valence-corrected chi connectivity index (χ0v) is 9.89. The Morgan fingerprint density at radius 1 is 1.20 bits per heavy atom. The van der Waals surface area contributed by atoms with Crippen LogP contribution in [0.4, 0.5) is 0 Å².